The molecule has 0 aliphatic heterocycles. The molecule has 0 unspecified atom stereocenters. The van der Waals surface area contributed by atoms with Gasteiger partial charge in [-0.05, 0) is 19.1 Å². The predicted molar refractivity (Wildman–Crippen MR) is 72.3 cm³/mol. The van der Waals surface area contributed by atoms with Crippen LogP contribution in [0.1, 0.15) is 5.69 Å². The van der Waals surface area contributed by atoms with Crippen LogP contribution in [0.15, 0.2) is 30.3 Å². The lowest BCUT2D eigenvalue weighted by Gasteiger charge is -2.07. The summed E-state index contributed by atoms with van der Waals surface area (Å²) in [7, 11) is 0. The van der Waals surface area contributed by atoms with Crippen LogP contribution in [0, 0.1) is 6.92 Å². The number of H-pyrrole nitrogens is 1. The van der Waals surface area contributed by atoms with Gasteiger partial charge in [0.15, 0.2) is 5.82 Å². The lowest BCUT2D eigenvalue weighted by Crippen LogP contribution is -2.11. The van der Waals surface area contributed by atoms with Gasteiger partial charge < -0.3 is 5.32 Å². The van der Waals surface area contributed by atoms with Gasteiger partial charge in [-0.2, -0.15) is 10.2 Å². The number of rotatable bonds is 4. The van der Waals surface area contributed by atoms with E-state index in [1.807, 2.05) is 24.3 Å². The Morgan fingerprint density at radius 1 is 1.35 bits per heavy atom. The van der Waals surface area contributed by atoms with E-state index in [0.29, 0.717) is 17.3 Å². The third kappa shape index (κ3) is 2.34. The molecule has 20 heavy (non-hydrogen) atoms. The van der Waals surface area contributed by atoms with E-state index in [1.54, 1.807) is 13.0 Å². The van der Waals surface area contributed by atoms with E-state index in [4.69, 9.17) is 0 Å². The highest BCUT2D eigenvalue weighted by Crippen LogP contribution is 2.24. The Morgan fingerprint density at radius 3 is 2.95 bits per heavy atom. The zero-order valence-electron chi connectivity index (χ0n) is 10.8. The molecule has 0 saturated carbocycles. The van der Waals surface area contributed by atoms with Gasteiger partial charge in [0, 0.05) is 11.5 Å². The van der Waals surface area contributed by atoms with E-state index in [-0.39, 0.29) is 0 Å². The third-order valence-electron chi connectivity index (χ3n) is 2.93. The van der Waals surface area contributed by atoms with Crippen molar-refractivity contribution in [3.05, 3.63) is 36.0 Å². The standard InChI is InChI=1S/C13H13F2N5/c1-8-6-12(20(19-8)7-11(14)15)16-13-9-4-2-3-5-10(9)17-18-13/h2-6,11H,7H2,1H3,(H2,16,17,18). The normalized spacial score (nSPS) is 11.4. The molecule has 5 nitrogen and oxygen atoms in total. The fourth-order valence-electron chi connectivity index (χ4n) is 2.10. The summed E-state index contributed by atoms with van der Waals surface area (Å²) in [5.41, 5.74) is 1.56. The maximum Gasteiger partial charge on any atom is 0.258 e. The highest BCUT2D eigenvalue weighted by molar-refractivity contribution is 5.90. The minimum Gasteiger partial charge on any atom is -0.323 e. The zero-order chi connectivity index (χ0) is 14.1. The second-order valence-corrected chi connectivity index (χ2v) is 4.49. The number of alkyl halides is 2. The zero-order valence-corrected chi connectivity index (χ0v) is 10.8. The number of aryl methyl sites for hydroxylation is 1. The predicted octanol–water partition coefficient (Wildman–Crippen LogP) is 3.08. The molecule has 0 spiro atoms. The molecule has 0 radical (unpaired) electrons. The molecule has 3 aromatic rings. The Kier molecular flexibility index (Phi) is 3.09. The smallest absolute Gasteiger partial charge is 0.258 e. The van der Waals surface area contributed by atoms with Crippen LogP contribution >= 0.6 is 0 Å². The van der Waals surface area contributed by atoms with Crippen LogP contribution < -0.4 is 5.32 Å². The average molecular weight is 277 g/mol. The number of aromatic nitrogens is 4. The van der Waals surface area contributed by atoms with Gasteiger partial charge in [-0.1, -0.05) is 12.1 Å². The van der Waals surface area contributed by atoms with Crippen molar-refractivity contribution in [1.29, 1.82) is 0 Å². The van der Waals surface area contributed by atoms with Crippen LogP contribution in [0.2, 0.25) is 0 Å². The van der Waals surface area contributed by atoms with Crippen LogP contribution in [0.25, 0.3) is 10.9 Å². The average Bonchev–Trinajstić information content (AvgIpc) is 2.94. The highest BCUT2D eigenvalue weighted by atomic mass is 19.3. The molecular formula is C13H13F2N5. The monoisotopic (exact) mass is 277 g/mol. The van der Waals surface area contributed by atoms with Gasteiger partial charge in [0.1, 0.15) is 12.4 Å². The number of hydrogen-bond donors (Lipinski definition) is 2. The first kappa shape index (κ1) is 12.6. The summed E-state index contributed by atoms with van der Waals surface area (Å²) in [6, 6.07) is 9.31. The minimum absolute atomic E-state index is 0.446. The fraction of sp³-hybridized carbons (Fsp3) is 0.231. The quantitative estimate of drug-likeness (QED) is 0.770. The molecule has 2 heterocycles. The molecule has 0 amide bonds. The Balaban J connectivity index is 1.94. The van der Waals surface area contributed by atoms with Crippen molar-refractivity contribution in [3.63, 3.8) is 0 Å². The summed E-state index contributed by atoms with van der Waals surface area (Å²) in [6.45, 7) is 1.31. The molecule has 1 aromatic carbocycles. The number of anilines is 2. The maximum atomic E-state index is 12.5. The largest absolute Gasteiger partial charge is 0.323 e. The Morgan fingerprint density at radius 2 is 2.15 bits per heavy atom. The number of hydrogen-bond acceptors (Lipinski definition) is 3. The number of nitrogens with one attached hydrogen (secondary N) is 2. The lowest BCUT2D eigenvalue weighted by molar-refractivity contribution is 0.122. The summed E-state index contributed by atoms with van der Waals surface area (Å²) in [4.78, 5) is 0. The Labute approximate surface area is 113 Å². The van der Waals surface area contributed by atoms with Gasteiger partial charge >= 0.3 is 0 Å². The maximum absolute atomic E-state index is 12.5. The molecule has 0 atom stereocenters. The SMILES string of the molecule is Cc1cc(Nc2n[nH]c3ccccc23)n(CC(F)F)n1. The van der Waals surface area contributed by atoms with E-state index in [2.05, 4.69) is 20.6 Å². The van der Waals surface area contributed by atoms with Crippen LogP contribution in [0.4, 0.5) is 20.4 Å². The third-order valence-corrected chi connectivity index (χ3v) is 2.93. The fourth-order valence-corrected chi connectivity index (χ4v) is 2.10. The second-order valence-electron chi connectivity index (χ2n) is 4.49. The van der Waals surface area contributed by atoms with Gasteiger partial charge in [0.05, 0.1) is 11.2 Å². The van der Waals surface area contributed by atoms with E-state index in [9.17, 15) is 8.78 Å². The number of fused-ring (bicyclic) bond motifs is 1. The number of benzene rings is 1. The van der Waals surface area contributed by atoms with Gasteiger partial charge in [0.2, 0.25) is 0 Å². The molecule has 0 bridgehead atoms. The molecule has 3 rings (SSSR count). The van der Waals surface area contributed by atoms with Crippen LogP contribution in [-0.2, 0) is 6.54 Å². The van der Waals surface area contributed by atoms with Crippen LogP contribution in [0.3, 0.4) is 0 Å². The summed E-state index contributed by atoms with van der Waals surface area (Å²) < 4.78 is 26.3. The molecule has 7 heteroatoms. The molecule has 2 aromatic heterocycles. The minimum atomic E-state index is -2.45. The first-order chi connectivity index (χ1) is 9.63. The van der Waals surface area contributed by atoms with Crippen molar-refractivity contribution in [2.75, 3.05) is 5.32 Å². The first-order valence-corrected chi connectivity index (χ1v) is 6.16. The number of halogens is 2. The van der Waals surface area contributed by atoms with E-state index in [1.165, 1.54) is 4.68 Å². The Hall–Kier alpha value is -2.44. The summed E-state index contributed by atoms with van der Waals surface area (Å²) in [6.07, 6.45) is -2.45. The van der Waals surface area contributed by atoms with Crippen molar-refractivity contribution < 1.29 is 8.78 Å². The van der Waals surface area contributed by atoms with Crippen molar-refractivity contribution in [2.24, 2.45) is 0 Å². The molecule has 0 saturated heterocycles. The van der Waals surface area contributed by atoms with Gasteiger partial charge in [-0.3, -0.25) is 5.10 Å². The van der Waals surface area contributed by atoms with Gasteiger partial charge in [-0.25, -0.2) is 13.5 Å². The van der Waals surface area contributed by atoms with Crippen molar-refractivity contribution in [2.45, 2.75) is 19.9 Å². The van der Waals surface area contributed by atoms with E-state index in [0.717, 1.165) is 10.9 Å². The molecule has 0 aliphatic rings. The second kappa shape index (κ2) is 4.92. The topological polar surface area (TPSA) is 58.5 Å². The number of nitrogens with zero attached hydrogens (tertiary/aromatic N) is 3. The molecular weight excluding hydrogens is 264 g/mol. The van der Waals surface area contributed by atoms with Crippen LogP contribution in [-0.4, -0.2) is 26.4 Å². The van der Waals surface area contributed by atoms with Gasteiger partial charge in [-0.15, -0.1) is 0 Å². The number of aromatic amines is 1. The summed E-state index contributed by atoms with van der Waals surface area (Å²) >= 11 is 0. The van der Waals surface area contributed by atoms with Crippen molar-refractivity contribution in [3.8, 4) is 0 Å². The number of para-hydroxylation sites is 1. The highest BCUT2D eigenvalue weighted by Gasteiger charge is 2.13. The summed E-state index contributed by atoms with van der Waals surface area (Å²) in [5.74, 6) is 1.09. The lowest BCUT2D eigenvalue weighted by atomic mass is 10.2. The van der Waals surface area contributed by atoms with E-state index >= 15 is 0 Å². The van der Waals surface area contributed by atoms with Crippen molar-refractivity contribution >= 4 is 22.5 Å². The molecule has 0 aliphatic carbocycles. The Bertz CT molecular complexity index is 731. The van der Waals surface area contributed by atoms with Crippen molar-refractivity contribution in [1.82, 2.24) is 20.0 Å². The molecule has 104 valence electrons. The van der Waals surface area contributed by atoms with E-state index < -0.39 is 13.0 Å². The van der Waals surface area contributed by atoms with Gasteiger partial charge in [0.25, 0.3) is 6.43 Å². The first-order valence-electron chi connectivity index (χ1n) is 6.16. The van der Waals surface area contributed by atoms with Crippen LogP contribution in [0.5, 0.6) is 0 Å². The molecule has 0 fully saturated rings. The summed E-state index contributed by atoms with van der Waals surface area (Å²) in [5, 5.41) is 15.0. The molecule has 2 N–H and O–H groups in total.